The van der Waals surface area contributed by atoms with Crippen LogP contribution in [0.1, 0.15) is 41.5 Å². The van der Waals surface area contributed by atoms with Crippen LogP contribution in [0.3, 0.4) is 0 Å². The van der Waals surface area contributed by atoms with E-state index >= 15 is 0 Å². The standard InChI is InChI=1S/C26H29FN2O3S2/c1-18(2)16-28(34(31,32)22-10-4-19(3)5-11-22)17-25(30)29-14-12-24-23(13-15-33-24)26(29)20-6-8-21(27)9-7-20/h4-11,13,15,18,26H,12,14,16-17H2,1-3H3. The molecule has 1 unspecified atom stereocenters. The number of hydrogen-bond donors (Lipinski definition) is 0. The summed E-state index contributed by atoms with van der Waals surface area (Å²) in [6.45, 7) is 6.24. The van der Waals surface area contributed by atoms with Crippen molar-refractivity contribution in [1.29, 1.82) is 0 Å². The van der Waals surface area contributed by atoms with E-state index in [2.05, 4.69) is 0 Å². The molecule has 0 radical (unpaired) electrons. The van der Waals surface area contributed by atoms with E-state index in [1.54, 1.807) is 52.6 Å². The van der Waals surface area contributed by atoms with Crippen molar-refractivity contribution < 1.29 is 17.6 Å². The summed E-state index contributed by atoms with van der Waals surface area (Å²) < 4.78 is 41.8. The van der Waals surface area contributed by atoms with E-state index in [-0.39, 0.29) is 41.7 Å². The van der Waals surface area contributed by atoms with E-state index in [0.29, 0.717) is 13.0 Å². The molecule has 0 bridgehead atoms. The Balaban J connectivity index is 1.66. The lowest BCUT2D eigenvalue weighted by atomic mass is 9.93. The predicted molar refractivity (Wildman–Crippen MR) is 133 cm³/mol. The predicted octanol–water partition coefficient (Wildman–Crippen LogP) is 5.02. The fourth-order valence-corrected chi connectivity index (χ4v) is 6.80. The number of carbonyl (C=O) groups excluding carboxylic acids is 1. The average Bonchev–Trinajstić information content (AvgIpc) is 3.27. The van der Waals surface area contributed by atoms with Gasteiger partial charge in [0.25, 0.3) is 0 Å². The van der Waals surface area contributed by atoms with Gasteiger partial charge in [-0.1, -0.05) is 43.7 Å². The van der Waals surface area contributed by atoms with Crippen LogP contribution in [0.15, 0.2) is 64.9 Å². The van der Waals surface area contributed by atoms with E-state index in [0.717, 1.165) is 16.7 Å². The number of sulfonamides is 1. The number of nitrogens with zero attached hydrogens (tertiary/aromatic N) is 2. The molecule has 3 aromatic rings. The summed E-state index contributed by atoms with van der Waals surface area (Å²) in [6, 6.07) is 14.5. The number of carbonyl (C=O) groups is 1. The minimum Gasteiger partial charge on any atom is -0.330 e. The van der Waals surface area contributed by atoms with Crippen LogP contribution in [0.4, 0.5) is 4.39 Å². The third-order valence-electron chi connectivity index (χ3n) is 6.01. The van der Waals surface area contributed by atoms with Crippen molar-refractivity contribution in [2.24, 2.45) is 5.92 Å². The van der Waals surface area contributed by atoms with Gasteiger partial charge >= 0.3 is 0 Å². The van der Waals surface area contributed by atoms with Gasteiger partial charge in [-0.05, 0) is 66.1 Å². The number of rotatable bonds is 7. The summed E-state index contributed by atoms with van der Waals surface area (Å²) in [7, 11) is -3.85. The molecule has 0 N–H and O–H groups in total. The zero-order chi connectivity index (χ0) is 24.5. The smallest absolute Gasteiger partial charge is 0.243 e. The summed E-state index contributed by atoms with van der Waals surface area (Å²) in [6.07, 6.45) is 0.714. The molecule has 1 aliphatic heterocycles. The summed E-state index contributed by atoms with van der Waals surface area (Å²) in [5.41, 5.74) is 2.80. The van der Waals surface area contributed by atoms with Crippen molar-refractivity contribution in [1.82, 2.24) is 9.21 Å². The maximum Gasteiger partial charge on any atom is 0.243 e. The molecule has 8 heteroatoms. The summed E-state index contributed by atoms with van der Waals surface area (Å²) in [5, 5.41) is 2.00. The lowest BCUT2D eigenvalue weighted by Crippen LogP contribution is -2.47. The van der Waals surface area contributed by atoms with Crippen LogP contribution < -0.4 is 0 Å². The molecule has 0 saturated carbocycles. The first kappa shape index (κ1) is 24.6. The first-order valence-corrected chi connectivity index (χ1v) is 13.7. The largest absolute Gasteiger partial charge is 0.330 e. The maximum atomic E-state index is 13.7. The number of amides is 1. The Labute approximate surface area is 204 Å². The Morgan fingerprint density at radius 3 is 2.44 bits per heavy atom. The van der Waals surface area contributed by atoms with Crippen LogP contribution in [-0.4, -0.2) is 43.2 Å². The normalized spacial score (nSPS) is 16.2. The molecule has 34 heavy (non-hydrogen) atoms. The molecule has 1 aromatic heterocycles. The molecule has 180 valence electrons. The fraction of sp³-hybridized carbons (Fsp3) is 0.346. The molecule has 4 rings (SSSR count). The molecular formula is C26H29FN2O3S2. The van der Waals surface area contributed by atoms with Crippen molar-refractivity contribution in [3.05, 3.63) is 87.4 Å². The van der Waals surface area contributed by atoms with E-state index in [9.17, 15) is 17.6 Å². The SMILES string of the molecule is Cc1ccc(S(=O)(=O)N(CC(=O)N2CCc3sccc3C2c2ccc(F)cc2)CC(C)C)cc1. The van der Waals surface area contributed by atoms with E-state index in [4.69, 9.17) is 0 Å². The second kappa shape index (κ2) is 9.98. The highest BCUT2D eigenvalue weighted by molar-refractivity contribution is 7.89. The highest BCUT2D eigenvalue weighted by atomic mass is 32.2. The van der Waals surface area contributed by atoms with E-state index < -0.39 is 10.0 Å². The van der Waals surface area contributed by atoms with E-state index in [1.165, 1.54) is 21.3 Å². The molecule has 0 fully saturated rings. The molecule has 1 atom stereocenters. The van der Waals surface area contributed by atoms with Gasteiger partial charge in [0.05, 0.1) is 17.5 Å². The highest BCUT2D eigenvalue weighted by Crippen LogP contribution is 2.38. The van der Waals surface area contributed by atoms with Gasteiger partial charge in [-0.15, -0.1) is 11.3 Å². The zero-order valence-electron chi connectivity index (χ0n) is 19.6. The van der Waals surface area contributed by atoms with Crippen molar-refractivity contribution in [2.75, 3.05) is 19.6 Å². The van der Waals surface area contributed by atoms with Gasteiger partial charge in [-0.25, -0.2) is 12.8 Å². The second-order valence-corrected chi connectivity index (χ2v) is 12.0. The molecule has 0 saturated heterocycles. The lowest BCUT2D eigenvalue weighted by molar-refractivity contribution is -0.133. The Kier molecular flexibility index (Phi) is 7.21. The Morgan fingerprint density at radius 2 is 1.79 bits per heavy atom. The number of halogens is 1. The minimum absolute atomic E-state index is 0.0470. The number of benzene rings is 2. The number of fused-ring (bicyclic) bond motifs is 1. The Morgan fingerprint density at radius 1 is 1.12 bits per heavy atom. The van der Waals surface area contributed by atoms with Gasteiger partial charge in [0.2, 0.25) is 15.9 Å². The van der Waals surface area contributed by atoms with Crippen molar-refractivity contribution in [3.63, 3.8) is 0 Å². The molecular weight excluding hydrogens is 471 g/mol. The maximum absolute atomic E-state index is 13.7. The number of thiophene rings is 1. The van der Waals surface area contributed by atoms with Crippen molar-refractivity contribution in [2.45, 2.75) is 38.1 Å². The quantitative estimate of drug-likeness (QED) is 0.458. The van der Waals surface area contributed by atoms with E-state index in [1.807, 2.05) is 32.2 Å². The van der Waals surface area contributed by atoms with Gasteiger partial charge in [0, 0.05) is 18.0 Å². The minimum atomic E-state index is -3.85. The Hall–Kier alpha value is -2.55. The van der Waals surface area contributed by atoms with Gasteiger partial charge in [0.15, 0.2) is 0 Å². The van der Waals surface area contributed by atoms with Crippen LogP contribution in [0.5, 0.6) is 0 Å². The van der Waals surface area contributed by atoms with Gasteiger partial charge in [-0.2, -0.15) is 4.31 Å². The average molecular weight is 501 g/mol. The third kappa shape index (κ3) is 5.09. The molecule has 5 nitrogen and oxygen atoms in total. The molecule has 1 aliphatic rings. The second-order valence-electron chi connectivity index (χ2n) is 9.09. The molecule has 0 aliphatic carbocycles. The van der Waals surface area contributed by atoms with Gasteiger partial charge in [-0.3, -0.25) is 4.79 Å². The summed E-state index contributed by atoms with van der Waals surface area (Å²) in [5.74, 6) is -0.552. The first-order valence-electron chi connectivity index (χ1n) is 11.3. The Bertz CT molecular complexity index is 1250. The summed E-state index contributed by atoms with van der Waals surface area (Å²) >= 11 is 1.65. The topological polar surface area (TPSA) is 57.7 Å². The third-order valence-corrected chi connectivity index (χ3v) is 8.83. The van der Waals surface area contributed by atoms with Crippen molar-refractivity contribution in [3.8, 4) is 0 Å². The lowest BCUT2D eigenvalue weighted by Gasteiger charge is -2.37. The monoisotopic (exact) mass is 500 g/mol. The van der Waals surface area contributed by atoms with Crippen LogP contribution in [0, 0.1) is 18.7 Å². The number of hydrogen-bond acceptors (Lipinski definition) is 4. The van der Waals surface area contributed by atoms with Crippen LogP contribution in [0.2, 0.25) is 0 Å². The molecule has 0 spiro atoms. The van der Waals surface area contributed by atoms with Crippen molar-refractivity contribution >= 4 is 27.3 Å². The molecule has 2 aromatic carbocycles. The molecule has 2 heterocycles. The first-order chi connectivity index (χ1) is 16.2. The highest BCUT2D eigenvalue weighted by Gasteiger charge is 2.35. The van der Waals surface area contributed by atoms with Crippen LogP contribution in [0.25, 0.3) is 0 Å². The van der Waals surface area contributed by atoms with Crippen LogP contribution in [-0.2, 0) is 21.2 Å². The van der Waals surface area contributed by atoms with Gasteiger partial charge in [0.1, 0.15) is 5.82 Å². The van der Waals surface area contributed by atoms with Gasteiger partial charge < -0.3 is 4.90 Å². The van der Waals surface area contributed by atoms with Crippen LogP contribution >= 0.6 is 11.3 Å². The number of aryl methyl sites for hydroxylation is 1. The molecule has 1 amide bonds. The fourth-order valence-electron chi connectivity index (χ4n) is 4.35. The zero-order valence-corrected chi connectivity index (χ0v) is 21.2. The summed E-state index contributed by atoms with van der Waals surface area (Å²) in [4.78, 5) is 16.8.